The van der Waals surface area contributed by atoms with E-state index in [0.717, 1.165) is 12.3 Å². The number of anilines is 1. The maximum Gasteiger partial charge on any atom is 0.411 e. The minimum Gasteiger partial charge on any atom is -0.478 e. The number of carbonyl (C=O) groups is 1. The second kappa shape index (κ2) is 4.01. The van der Waals surface area contributed by atoms with Crippen LogP contribution in [-0.4, -0.2) is 27.8 Å². The number of alkyl halides is 3. The summed E-state index contributed by atoms with van der Waals surface area (Å²) in [6, 6.07) is 1.06. The van der Waals surface area contributed by atoms with Crippen LogP contribution in [0.1, 0.15) is 23.2 Å². The van der Waals surface area contributed by atoms with Crippen molar-refractivity contribution in [3.63, 3.8) is 0 Å². The van der Waals surface area contributed by atoms with Crippen molar-refractivity contribution in [2.75, 3.05) is 5.32 Å². The first-order valence-electron chi connectivity index (χ1n) is 4.99. The summed E-state index contributed by atoms with van der Waals surface area (Å²) in [4.78, 5) is 14.2. The van der Waals surface area contributed by atoms with Crippen molar-refractivity contribution in [3.8, 4) is 0 Å². The number of hydrogen-bond donors (Lipinski definition) is 2. The van der Waals surface area contributed by atoms with Crippen LogP contribution in [0.5, 0.6) is 0 Å². The lowest BCUT2D eigenvalue weighted by atomic mass is 10.2. The van der Waals surface area contributed by atoms with Crippen LogP contribution in [0.2, 0.25) is 5.02 Å². The summed E-state index contributed by atoms with van der Waals surface area (Å²) in [5, 5.41) is 10.8. The van der Waals surface area contributed by atoms with Crippen molar-refractivity contribution in [3.05, 3.63) is 22.8 Å². The molecule has 0 spiro atoms. The predicted octanol–water partition coefficient (Wildman–Crippen LogP) is 2.94. The maximum atomic E-state index is 12.7. The summed E-state index contributed by atoms with van der Waals surface area (Å²) in [5.74, 6) is -1.40. The number of rotatable bonds is 3. The number of carboxylic acid groups (broad SMARTS) is 1. The Morgan fingerprint density at radius 3 is 2.50 bits per heavy atom. The van der Waals surface area contributed by atoms with Crippen LogP contribution in [0, 0.1) is 0 Å². The van der Waals surface area contributed by atoms with E-state index in [1.807, 2.05) is 0 Å². The summed E-state index contributed by atoms with van der Waals surface area (Å²) in [7, 11) is 0. The zero-order chi connectivity index (χ0) is 13.6. The van der Waals surface area contributed by atoms with Crippen LogP contribution < -0.4 is 5.32 Å². The maximum absolute atomic E-state index is 12.7. The molecule has 2 N–H and O–H groups in total. The number of aromatic carboxylic acids is 1. The number of aromatic nitrogens is 1. The van der Waals surface area contributed by atoms with Crippen LogP contribution in [0.4, 0.5) is 19.0 Å². The lowest BCUT2D eigenvalue weighted by Crippen LogP contribution is -2.39. The van der Waals surface area contributed by atoms with Gasteiger partial charge in [0.1, 0.15) is 11.4 Å². The number of nitrogens with one attached hydrogen (secondary N) is 1. The quantitative estimate of drug-likeness (QED) is 0.893. The van der Waals surface area contributed by atoms with Gasteiger partial charge in [0, 0.05) is 6.20 Å². The number of halogens is 4. The SMILES string of the molecule is O=C(O)c1cnc(NC2(C(F)(F)F)CC2)c(Cl)c1. The van der Waals surface area contributed by atoms with Gasteiger partial charge in [-0.2, -0.15) is 13.2 Å². The van der Waals surface area contributed by atoms with Crippen molar-refractivity contribution >= 4 is 23.4 Å². The van der Waals surface area contributed by atoms with Gasteiger partial charge in [0.15, 0.2) is 0 Å². The molecule has 1 aromatic rings. The standard InChI is InChI=1S/C10H8ClF3N2O2/c11-6-3-5(8(17)18)4-15-7(6)16-9(1-2-9)10(12,13)14/h3-4H,1-2H2,(H,15,16)(H,17,18). The van der Waals surface area contributed by atoms with Gasteiger partial charge < -0.3 is 10.4 Å². The molecule has 0 amide bonds. The predicted molar refractivity (Wildman–Crippen MR) is 57.8 cm³/mol. The summed E-state index contributed by atoms with van der Waals surface area (Å²) < 4.78 is 38.1. The Bertz CT molecular complexity index is 500. The van der Waals surface area contributed by atoms with Crippen LogP contribution in [0.15, 0.2) is 12.3 Å². The van der Waals surface area contributed by atoms with Gasteiger partial charge in [0.2, 0.25) is 0 Å². The molecule has 0 aliphatic heterocycles. The van der Waals surface area contributed by atoms with E-state index in [1.54, 1.807) is 0 Å². The molecule has 0 aromatic carbocycles. The molecule has 1 aromatic heterocycles. The number of hydrogen-bond acceptors (Lipinski definition) is 3. The Kier molecular flexibility index (Phi) is 2.89. The third kappa shape index (κ3) is 2.22. The van der Waals surface area contributed by atoms with E-state index >= 15 is 0 Å². The lowest BCUT2D eigenvalue weighted by molar-refractivity contribution is -0.151. The summed E-state index contributed by atoms with van der Waals surface area (Å²) in [5.41, 5.74) is -2.16. The smallest absolute Gasteiger partial charge is 0.411 e. The lowest BCUT2D eigenvalue weighted by Gasteiger charge is -2.21. The molecule has 0 bridgehead atoms. The van der Waals surface area contributed by atoms with Crippen LogP contribution in [-0.2, 0) is 0 Å². The zero-order valence-corrected chi connectivity index (χ0v) is 9.64. The molecule has 0 atom stereocenters. The van der Waals surface area contributed by atoms with Gasteiger partial charge in [-0.15, -0.1) is 0 Å². The fraction of sp³-hybridized carbons (Fsp3) is 0.400. The average molecular weight is 281 g/mol. The number of carboxylic acids is 1. The largest absolute Gasteiger partial charge is 0.478 e. The Labute approximate surface area is 105 Å². The highest BCUT2D eigenvalue weighted by atomic mass is 35.5. The average Bonchev–Trinajstić information content (AvgIpc) is 3.01. The Morgan fingerprint density at radius 1 is 1.50 bits per heavy atom. The minimum atomic E-state index is -4.39. The molecule has 0 radical (unpaired) electrons. The van der Waals surface area contributed by atoms with Crippen molar-refractivity contribution < 1.29 is 23.1 Å². The molecular formula is C10H8ClF3N2O2. The summed E-state index contributed by atoms with van der Waals surface area (Å²) >= 11 is 5.70. The van der Waals surface area contributed by atoms with E-state index in [0.29, 0.717) is 0 Å². The Balaban J connectivity index is 2.24. The molecule has 98 valence electrons. The first-order valence-corrected chi connectivity index (χ1v) is 5.37. The molecule has 1 saturated carbocycles. The van der Waals surface area contributed by atoms with Gasteiger partial charge in [0.25, 0.3) is 0 Å². The van der Waals surface area contributed by atoms with E-state index < -0.39 is 17.7 Å². The second-order valence-corrected chi connectivity index (χ2v) is 4.47. The third-order valence-corrected chi connectivity index (χ3v) is 3.03. The first-order chi connectivity index (χ1) is 8.25. The van der Waals surface area contributed by atoms with Crippen LogP contribution >= 0.6 is 11.6 Å². The molecular weight excluding hydrogens is 273 g/mol. The van der Waals surface area contributed by atoms with E-state index in [2.05, 4.69) is 10.3 Å². The van der Waals surface area contributed by atoms with Crippen LogP contribution in [0.3, 0.4) is 0 Å². The van der Waals surface area contributed by atoms with Gasteiger partial charge in [-0.25, -0.2) is 9.78 Å². The van der Waals surface area contributed by atoms with E-state index in [9.17, 15) is 18.0 Å². The van der Waals surface area contributed by atoms with Crippen molar-refractivity contribution in [1.82, 2.24) is 4.98 Å². The molecule has 0 unspecified atom stereocenters. The van der Waals surface area contributed by atoms with E-state index in [4.69, 9.17) is 16.7 Å². The van der Waals surface area contributed by atoms with E-state index in [-0.39, 0.29) is 29.2 Å². The fourth-order valence-electron chi connectivity index (χ4n) is 1.48. The topological polar surface area (TPSA) is 62.2 Å². The normalized spacial score (nSPS) is 17.3. The Morgan fingerprint density at radius 2 is 2.11 bits per heavy atom. The van der Waals surface area contributed by atoms with Gasteiger partial charge >= 0.3 is 12.1 Å². The summed E-state index contributed by atoms with van der Waals surface area (Å²) in [6.45, 7) is 0. The fourth-order valence-corrected chi connectivity index (χ4v) is 1.69. The highest BCUT2D eigenvalue weighted by Crippen LogP contribution is 2.51. The summed E-state index contributed by atoms with van der Waals surface area (Å²) in [6.07, 6.45) is -3.52. The van der Waals surface area contributed by atoms with Gasteiger partial charge in [-0.05, 0) is 18.9 Å². The van der Waals surface area contributed by atoms with Gasteiger partial charge in [-0.3, -0.25) is 0 Å². The molecule has 1 aliphatic rings. The number of nitrogens with zero attached hydrogens (tertiary/aromatic N) is 1. The Hall–Kier alpha value is -1.50. The molecule has 0 saturated heterocycles. The monoisotopic (exact) mass is 280 g/mol. The molecule has 18 heavy (non-hydrogen) atoms. The first kappa shape index (κ1) is 12.9. The van der Waals surface area contributed by atoms with Crippen LogP contribution in [0.25, 0.3) is 0 Å². The molecule has 1 fully saturated rings. The van der Waals surface area contributed by atoms with Gasteiger partial charge in [0.05, 0.1) is 10.6 Å². The third-order valence-electron chi connectivity index (χ3n) is 2.74. The van der Waals surface area contributed by atoms with Crippen molar-refractivity contribution in [2.45, 2.75) is 24.6 Å². The van der Waals surface area contributed by atoms with Crippen molar-refractivity contribution in [1.29, 1.82) is 0 Å². The molecule has 2 rings (SSSR count). The zero-order valence-electron chi connectivity index (χ0n) is 8.88. The van der Waals surface area contributed by atoms with Gasteiger partial charge in [-0.1, -0.05) is 11.6 Å². The highest BCUT2D eigenvalue weighted by Gasteiger charge is 2.63. The minimum absolute atomic E-state index is 0.0464. The molecule has 4 nitrogen and oxygen atoms in total. The van der Waals surface area contributed by atoms with Crippen molar-refractivity contribution in [2.24, 2.45) is 0 Å². The molecule has 1 aliphatic carbocycles. The number of pyridine rings is 1. The highest BCUT2D eigenvalue weighted by molar-refractivity contribution is 6.33. The molecule has 1 heterocycles. The van der Waals surface area contributed by atoms with E-state index in [1.165, 1.54) is 0 Å². The second-order valence-electron chi connectivity index (χ2n) is 4.06. The molecule has 8 heteroatoms.